The predicted molar refractivity (Wildman–Crippen MR) is 62.6 cm³/mol. The highest BCUT2D eigenvalue weighted by Gasteiger charge is 2.17. The summed E-state index contributed by atoms with van der Waals surface area (Å²) in [6.07, 6.45) is 0.920. The lowest BCUT2D eigenvalue weighted by Gasteiger charge is -2.08. The van der Waals surface area contributed by atoms with Crippen LogP contribution in [0.4, 0.5) is 13.2 Å². The maximum Gasteiger partial charge on any atom is 0.338 e. The van der Waals surface area contributed by atoms with Crippen molar-refractivity contribution in [1.29, 1.82) is 0 Å². The van der Waals surface area contributed by atoms with Gasteiger partial charge in [-0.05, 0) is 6.07 Å². The number of carboxylic acids is 1. The Hall–Kier alpha value is -2.28. The minimum absolute atomic E-state index is 0.127. The molecule has 104 valence electrons. The van der Waals surface area contributed by atoms with Crippen LogP contribution in [0, 0.1) is 17.6 Å². The fourth-order valence-electron chi connectivity index (χ4n) is 1.36. The lowest BCUT2D eigenvalue weighted by Crippen LogP contribution is -2.02. The molecule has 2 rings (SSSR count). The summed E-state index contributed by atoms with van der Waals surface area (Å²) in [5.41, 5.74) is -0.829. The normalized spacial score (nSPS) is 10.4. The first-order valence-corrected chi connectivity index (χ1v) is 5.47. The quantitative estimate of drug-likeness (QED) is 0.879. The highest BCUT2D eigenvalue weighted by atomic mass is 35.5. The van der Waals surface area contributed by atoms with Crippen molar-refractivity contribution in [1.82, 2.24) is 4.98 Å². The van der Waals surface area contributed by atoms with Crippen LogP contribution in [-0.4, -0.2) is 16.1 Å². The van der Waals surface area contributed by atoms with Crippen molar-refractivity contribution in [3.8, 4) is 11.5 Å². The van der Waals surface area contributed by atoms with E-state index in [0.717, 1.165) is 12.3 Å². The molecular formula is C12H5ClF3NO3. The average molecular weight is 304 g/mol. The number of aromatic nitrogens is 1. The third kappa shape index (κ3) is 2.83. The predicted octanol–water partition coefficient (Wildman–Crippen LogP) is 3.64. The number of halogens is 4. The van der Waals surface area contributed by atoms with Crippen molar-refractivity contribution in [2.45, 2.75) is 0 Å². The van der Waals surface area contributed by atoms with Crippen molar-refractivity contribution in [3.05, 3.63) is 52.6 Å². The van der Waals surface area contributed by atoms with E-state index < -0.39 is 34.9 Å². The number of nitrogens with zero attached hydrogens (tertiary/aromatic N) is 1. The molecule has 0 aliphatic carbocycles. The SMILES string of the molecule is O=C(O)c1cc(F)c(Oc2cnc(F)c(Cl)c2)cc1F. The van der Waals surface area contributed by atoms with Crippen LogP contribution in [0.5, 0.6) is 11.5 Å². The first-order chi connectivity index (χ1) is 9.38. The van der Waals surface area contributed by atoms with E-state index in [1.54, 1.807) is 0 Å². The molecule has 1 heterocycles. The number of hydrogen-bond donors (Lipinski definition) is 1. The number of aromatic carboxylic acids is 1. The number of rotatable bonds is 3. The van der Waals surface area contributed by atoms with Gasteiger partial charge in [0.05, 0.1) is 16.8 Å². The van der Waals surface area contributed by atoms with Crippen molar-refractivity contribution in [2.75, 3.05) is 0 Å². The second-order valence-electron chi connectivity index (χ2n) is 3.61. The summed E-state index contributed by atoms with van der Waals surface area (Å²) in [6.45, 7) is 0. The van der Waals surface area contributed by atoms with Crippen molar-refractivity contribution >= 4 is 17.6 Å². The van der Waals surface area contributed by atoms with Gasteiger partial charge in [0.25, 0.3) is 0 Å². The monoisotopic (exact) mass is 303 g/mol. The number of carbonyl (C=O) groups is 1. The topological polar surface area (TPSA) is 59.4 Å². The highest BCUT2D eigenvalue weighted by Crippen LogP contribution is 2.28. The van der Waals surface area contributed by atoms with E-state index in [1.165, 1.54) is 0 Å². The zero-order chi connectivity index (χ0) is 14.9. The highest BCUT2D eigenvalue weighted by molar-refractivity contribution is 6.30. The number of ether oxygens (including phenoxy) is 1. The van der Waals surface area contributed by atoms with Crippen LogP contribution in [0.1, 0.15) is 10.4 Å². The Morgan fingerprint density at radius 3 is 2.50 bits per heavy atom. The molecule has 0 bridgehead atoms. The maximum absolute atomic E-state index is 13.6. The van der Waals surface area contributed by atoms with Gasteiger partial charge in [-0.2, -0.15) is 4.39 Å². The van der Waals surface area contributed by atoms with E-state index in [4.69, 9.17) is 21.4 Å². The van der Waals surface area contributed by atoms with E-state index in [2.05, 4.69) is 4.98 Å². The molecule has 0 saturated carbocycles. The molecular weight excluding hydrogens is 299 g/mol. The molecule has 8 heteroatoms. The fraction of sp³-hybridized carbons (Fsp3) is 0. The van der Waals surface area contributed by atoms with Crippen LogP contribution in [0.3, 0.4) is 0 Å². The van der Waals surface area contributed by atoms with Crippen molar-refractivity contribution in [3.63, 3.8) is 0 Å². The van der Waals surface area contributed by atoms with Crippen LogP contribution < -0.4 is 4.74 Å². The summed E-state index contributed by atoms with van der Waals surface area (Å²) >= 11 is 5.45. The molecule has 0 amide bonds. The van der Waals surface area contributed by atoms with Crippen LogP contribution in [0.15, 0.2) is 24.4 Å². The van der Waals surface area contributed by atoms with Gasteiger partial charge in [0.15, 0.2) is 11.6 Å². The number of pyridine rings is 1. The number of carboxylic acid groups (broad SMARTS) is 1. The Kier molecular flexibility index (Phi) is 3.80. The molecule has 0 spiro atoms. The lowest BCUT2D eigenvalue weighted by molar-refractivity contribution is 0.0691. The molecule has 0 aliphatic rings. The third-order valence-corrected chi connectivity index (χ3v) is 2.52. The first kappa shape index (κ1) is 14.1. The van der Waals surface area contributed by atoms with E-state index in [0.29, 0.717) is 12.1 Å². The van der Waals surface area contributed by atoms with Gasteiger partial charge in [0, 0.05) is 12.1 Å². The van der Waals surface area contributed by atoms with E-state index in [-0.39, 0.29) is 10.8 Å². The molecule has 1 aromatic heterocycles. The minimum Gasteiger partial charge on any atom is -0.478 e. The smallest absolute Gasteiger partial charge is 0.338 e. The molecule has 2 aromatic rings. The van der Waals surface area contributed by atoms with Crippen LogP contribution in [-0.2, 0) is 0 Å². The van der Waals surface area contributed by atoms with Gasteiger partial charge in [-0.25, -0.2) is 18.6 Å². The Morgan fingerprint density at radius 2 is 1.90 bits per heavy atom. The van der Waals surface area contributed by atoms with Gasteiger partial charge in [0.2, 0.25) is 5.95 Å². The summed E-state index contributed by atoms with van der Waals surface area (Å²) < 4.78 is 44.7. The Bertz CT molecular complexity index is 694. The molecule has 0 atom stereocenters. The summed E-state index contributed by atoms with van der Waals surface area (Å²) in [6, 6.07) is 2.06. The lowest BCUT2D eigenvalue weighted by atomic mass is 10.2. The Morgan fingerprint density at radius 1 is 1.20 bits per heavy atom. The molecule has 0 unspecified atom stereocenters. The molecule has 20 heavy (non-hydrogen) atoms. The molecule has 0 fully saturated rings. The second-order valence-corrected chi connectivity index (χ2v) is 4.02. The third-order valence-electron chi connectivity index (χ3n) is 2.25. The first-order valence-electron chi connectivity index (χ1n) is 5.09. The molecule has 0 aliphatic heterocycles. The molecule has 4 nitrogen and oxygen atoms in total. The van der Waals surface area contributed by atoms with Crippen LogP contribution in [0.25, 0.3) is 0 Å². The average Bonchev–Trinajstić information content (AvgIpc) is 2.37. The van der Waals surface area contributed by atoms with Gasteiger partial charge in [0.1, 0.15) is 11.6 Å². The van der Waals surface area contributed by atoms with E-state index in [9.17, 15) is 18.0 Å². The summed E-state index contributed by atoms with van der Waals surface area (Å²) in [5, 5.41) is 8.27. The minimum atomic E-state index is -1.61. The largest absolute Gasteiger partial charge is 0.478 e. The van der Waals surface area contributed by atoms with Crippen molar-refractivity contribution < 1.29 is 27.8 Å². The van der Waals surface area contributed by atoms with Gasteiger partial charge in [-0.3, -0.25) is 0 Å². The van der Waals surface area contributed by atoms with Crippen molar-refractivity contribution in [2.24, 2.45) is 0 Å². The van der Waals surface area contributed by atoms with Crippen LogP contribution >= 0.6 is 11.6 Å². The van der Waals surface area contributed by atoms with Gasteiger partial charge >= 0.3 is 5.97 Å². The Labute approximate surface area is 115 Å². The second kappa shape index (κ2) is 5.38. The number of benzene rings is 1. The fourth-order valence-corrected chi connectivity index (χ4v) is 1.51. The maximum atomic E-state index is 13.6. The zero-order valence-electron chi connectivity index (χ0n) is 9.53. The van der Waals surface area contributed by atoms with Crippen LogP contribution in [0.2, 0.25) is 5.02 Å². The standard InChI is InChI=1S/C12H5ClF3NO3/c13-7-1-5(4-17-11(7)16)20-10-3-8(14)6(12(18)19)2-9(10)15/h1-4H,(H,18,19). The molecule has 1 N–H and O–H groups in total. The summed E-state index contributed by atoms with van der Waals surface area (Å²) in [7, 11) is 0. The molecule has 0 saturated heterocycles. The Balaban J connectivity index is 2.36. The van der Waals surface area contributed by atoms with Gasteiger partial charge in [-0.1, -0.05) is 11.6 Å². The van der Waals surface area contributed by atoms with E-state index >= 15 is 0 Å². The molecule has 0 radical (unpaired) electrons. The number of hydrogen-bond acceptors (Lipinski definition) is 3. The molecule has 1 aromatic carbocycles. The zero-order valence-corrected chi connectivity index (χ0v) is 10.3. The summed E-state index contributed by atoms with van der Waals surface area (Å²) in [4.78, 5) is 13.8. The van der Waals surface area contributed by atoms with Gasteiger partial charge in [-0.15, -0.1) is 0 Å². The summed E-state index contributed by atoms with van der Waals surface area (Å²) in [5.74, 6) is -5.51. The van der Waals surface area contributed by atoms with Gasteiger partial charge < -0.3 is 9.84 Å². The van der Waals surface area contributed by atoms with E-state index in [1.807, 2.05) is 0 Å².